The Balaban J connectivity index is 0.000000233. The fraction of sp³-hybridized carbons (Fsp3) is 0.172. The quantitative estimate of drug-likeness (QED) is 0.324. The van der Waals surface area contributed by atoms with Gasteiger partial charge in [0.05, 0.1) is 11.4 Å². The number of nitrogens with one attached hydrogen (secondary N) is 2. The largest absolute Gasteiger partial charge is 0.273 e. The first-order chi connectivity index (χ1) is 17.5. The molecule has 0 unspecified atom stereocenters. The first-order valence-corrected chi connectivity index (χ1v) is 12.6. The molecule has 1 aliphatic heterocycles. The standard InChI is InChI=1S/C15H12N2S.C11H12N2O2.C3H8/c1-11-10-18-14-8-3-2-6-12(14)15(17-11)13-7-4-5-9-16-13;1-2-6-10(14)12-13-11(15)9-7-4-3-5-8-9;1-3-2/h2-10H,1H3;2-5,7-8H,1,6H2,(H,12,14)(H,13,15);3H2,1-2H3. The first-order valence-electron chi connectivity index (χ1n) is 11.7. The number of benzene rings is 2. The van der Waals surface area contributed by atoms with Crippen molar-refractivity contribution >= 4 is 29.3 Å². The van der Waals surface area contributed by atoms with Gasteiger partial charge in [-0.25, -0.2) is 0 Å². The van der Waals surface area contributed by atoms with Crippen LogP contribution in [0, 0.1) is 0 Å². The maximum atomic E-state index is 11.4. The highest BCUT2D eigenvalue weighted by atomic mass is 32.2. The summed E-state index contributed by atoms with van der Waals surface area (Å²) in [6, 6.07) is 22.9. The zero-order chi connectivity index (χ0) is 26.2. The van der Waals surface area contributed by atoms with Gasteiger partial charge in [-0.05, 0) is 42.7 Å². The second-order valence-corrected chi connectivity index (χ2v) is 8.53. The van der Waals surface area contributed by atoms with Crippen LogP contribution < -0.4 is 10.9 Å². The lowest BCUT2D eigenvalue weighted by atomic mass is 10.1. The Labute approximate surface area is 217 Å². The fourth-order valence-corrected chi connectivity index (χ4v) is 3.64. The summed E-state index contributed by atoms with van der Waals surface area (Å²) in [6.07, 6.45) is 4.69. The number of nitrogens with zero attached hydrogens (tertiary/aromatic N) is 2. The number of rotatable bonds is 4. The van der Waals surface area contributed by atoms with Crippen LogP contribution in [-0.2, 0) is 4.79 Å². The van der Waals surface area contributed by atoms with Gasteiger partial charge >= 0.3 is 0 Å². The third-order valence-corrected chi connectivity index (χ3v) is 5.44. The summed E-state index contributed by atoms with van der Waals surface area (Å²) in [5.74, 6) is -0.637. The number of hydrogen-bond acceptors (Lipinski definition) is 5. The Morgan fingerprint density at radius 2 is 1.61 bits per heavy atom. The summed E-state index contributed by atoms with van der Waals surface area (Å²) in [4.78, 5) is 32.7. The Kier molecular flexibility index (Phi) is 12.4. The highest BCUT2D eigenvalue weighted by Crippen LogP contribution is 2.30. The first kappa shape index (κ1) is 28.3. The normalized spacial score (nSPS) is 11.4. The van der Waals surface area contributed by atoms with Gasteiger partial charge in [-0.15, -0.1) is 6.58 Å². The smallest absolute Gasteiger partial charge is 0.269 e. The monoisotopic (exact) mass is 500 g/mol. The summed E-state index contributed by atoms with van der Waals surface area (Å²) >= 11 is 1.71. The molecule has 3 aromatic rings. The number of amides is 2. The van der Waals surface area contributed by atoms with Crippen LogP contribution in [0.15, 0.2) is 113 Å². The summed E-state index contributed by atoms with van der Waals surface area (Å²) in [5, 5.41) is 2.08. The van der Waals surface area contributed by atoms with E-state index in [4.69, 9.17) is 0 Å². The van der Waals surface area contributed by atoms with Gasteiger partial charge in [-0.3, -0.25) is 30.4 Å². The van der Waals surface area contributed by atoms with E-state index in [1.165, 1.54) is 17.4 Å². The summed E-state index contributed by atoms with van der Waals surface area (Å²) in [6.45, 7) is 9.68. The number of carbonyl (C=O) groups is 2. The number of allylic oxidation sites excluding steroid dienone is 1. The Bertz CT molecular complexity index is 1190. The number of pyridine rings is 1. The van der Waals surface area contributed by atoms with E-state index in [0.717, 1.165) is 22.7 Å². The molecule has 0 atom stereocenters. The molecule has 0 aliphatic carbocycles. The molecule has 0 spiro atoms. The molecule has 2 amide bonds. The molecular weight excluding hydrogens is 468 g/mol. The van der Waals surface area contributed by atoms with E-state index >= 15 is 0 Å². The minimum absolute atomic E-state index is 0.176. The van der Waals surface area contributed by atoms with Gasteiger partial charge in [0.25, 0.3) is 5.91 Å². The van der Waals surface area contributed by atoms with Gasteiger partial charge in [0.15, 0.2) is 0 Å². The number of aromatic nitrogens is 1. The topological polar surface area (TPSA) is 83.5 Å². The lowest BCUT2D eigenvalue weighted by Crippen LogP contribution is -2.41. The van der Waals surface area contributed by atoms with E-state index in [9.17, 15) is 9.59 Å². The minimum atomic E-state index is -0.340. The second kappa shape index (κ2) is 15.8. The predicted octanol–water partition coefficient (Wildman–Crippen LogP) is 6.33. The molecule has 36 heavy (non-hydrogen) atoms. The van der Waals surface area contributed by atoms with Crippen LogP contribution >= 0.6 is 11.8 Å². The summed E-state index contributed by atoms with van der Waals surface area (Å²) < 4.78 is 0. The highest BCUT2D eigenvalue weighted by molar-refractivity contribution is 8.02. The van der Waals surface area contributed by atoms with Crippen molar-refractivity contribution in [3.8, 4) is 0 Å². The van der Waals surface area contributed by atoms with Crippen molar-refractivity contribution in [3.05, 3.63) is 120 Å². The van der Waals surface area contributed by atoms with Crippen LogP contribution in [0.4, 0.5) is 0 Å². The van der Waals surface area contributed by atoms with Crippen LogP contribution in [-0.4, -0.2) is 22.5 Å². The van der Waals surface area contributed by atoms with E-state index in [1.54, 1.807) is 42.2 Å². The Morgan fingerprint density at radius 3 is 2.28 bits per heavy atom. The van der Waals surface area contributed by atoms with E-state index in [1.807, 2.05) is 37.3 Å². The van der Waals surface area contributed by atoms with Crippen molar-refractivity contribution in [2.75, 3.05) is 0 Å². The molecule has 1 aromatic heterocycles. The van der Waals surface area contributed by atoms with Crippen molar-refractivity contribution in [1.82, 2.24) is 15.8 Å². The van der Waals surface area contributed by atoms with Crippen molar-refractivity contribution in [3.63, 3.8) is 0 Å². The molecule has 4 rings (SSSR count). The van der Waals surface area contributed by atoms with Gasteiger partial charge in [0.1, 0.15) is 0 Å². The van der Waals surface area contributed by atoms with Crippen LogP contribution in [0.1, 0.15) is 55.2 Å². The zero-order valence-electron chi connectivity index (χ0n) is 20.9. The van der Waals surface area contributed by atoms with E-state index < -0.39 is 0 Å². The third kappa shape index (κ3) is 9.35. The molecule has 2 aromatic carbocycles. The number of hydrazine groups is 1. The number of carbonyl (C=O) groups excluding carboxylic acids is 2. The number of aliphatic imine (C=N–C) groups is 1. The lowest BCUT2D eigenvalue weighted by Gasteiger charge is -2.07. The van der Waals surface area contributed by atoms with Crippen LogP contribution in [0.25, 0.3) is 0 Å². The second-order valence-electron chi connectivity index (χ2n) is 7.62. The average molecular weight is 501 g/mol. The molecule has 6 nitrogen and oxygen atoms in total. The molecule has 0 radical (unpaired) electrons. The van der Waals surface area contributed by atoms with E-state index in [0.29, 0.717) is 5.56 Å². The predicted molar refractivity (Wildman–Crippen MR) is 149 cm³/mol. The van der Waals surface area contributed by atoms with Crippen molar-refractivity contribution < 1.29 is 9.59 Å². The molecule has 0 fully saturated rings. The van der Waals surface area contributed by atoms with Crippen molar-refractivity contribution in [2.45, 2.75) is 38.5 Å². The SMILES string of the molecule is C=CCC(=O)NNC(=O)c1ccccc1.CC1=CSc2ccccc2C(c2ccccn2)=N1.CCC. The molecule has 0 bridgehead atoms. The van der Waals surface area contributed by atoms with Crippen molar-refractivity contribution in [2.24, 2.45) is 4.99 Å². The Hall–Kier alpha value is -3.97. The minimum Gasteiger partial charge on any atom is -0.273 e. The van der Waals surface area contributed by atoms with Gasteiger partial charge in [0, 0.05) is 34.3 Å². The molecule has 0 saturated heterocycles. The van der Waals surface area contributed by atoms with Crippen LogP contribution in [0.5, 0.6) is 0 Å². The number of hydrogen-bond donors (Lipinski definition) is 2. The van der Waals surface area contributed by atoms with E-state index in [-0.39, 0.29) is 18.2 Å². The molecule has 186 valence electrons. The van der Waals surface area contributed by atoms with Gasteiger partial charge < -0.3 is 0 Å². The molecule has 0 saturated carbocycles. The van der Waals surface area contributed by atoms with Gasteiger partial charge in [-0.1, -0.05) is 80.6 Å². The fourth-order valence-electron chi connectivity index (χ4n) is 2.85. The third-order valence-electron chi connectivity index (χ3n) is 4.38. The van der Waals surface area contributed by atoms with E-state index in [2.05, 4.69) is 64.9 Å². The highest BCUT2D eigenvalue weighted by Gasteiger charge is 2.15. The maximum Gasteiger partial charge on any atom is 0.269 e. The molecular formula is C29H32N4O2S. The molecule has 2 heterocycles. The summed E-state index contributed by atoms with van der Waals surface area (Å²) in [5.41, 5.74) is 9.09. The lowest BCUT2D eigenvalue weighted by molar-refractivity contribution is -0.121. The van der Waals surface area contributed by atoms with Crippen molar-refractivity contribution in [1.29, 1.82) is 0 Å². The van der Waals surface area contributed by atoms with Gasteiger partial charge in [-0.2, -0.15) is 0 Å². The molecule has 2 N–H and O–H groups in total. The average Bonchev–Trinajstić information content (AvgIpc) is 3.08. The van der Waals surface area contributed by atoms with Crippen LogP contribution in [0.2, 0.25) is 0 Å². The number of thioether (sulfide) groups is 1. The van der Waals surface area contributed by atoms with Gasteiger partial charge in [0.2, 0.25) is 5.91 Å². The maximum absolute atomic E-state index is 11.4. The zero-order valence-corrected chi connectivity index (χ0v) is 21.7. The number of fused-ring (bicyclic) bond motifs is 1. The van der Waals surface area contributed by atoms with Crippen LogP contribution in [0.3, 0.4) is 0 Å². The Morgan fingerprint density at radius 1 is 0.944 bits per heavy atom. The summed E-state index contributed by atoms with van der Waals surface area (Å²) in [7, 11) is 0. The molecule has 1 aliphatic rings. The molecule has 7 heteroatoms.